The zero-order valence-electron chi connectivity index (χ0n) is 22.3. The largest absolute Gasteiger partial charge is 0.395 e. The van der Waals surface area contributed by atoms with Crippen LogP contribution < -0.4 is 10.6 Å². The Kier molecular flexibility index (Phi) is 6.45. The monoisotopic (exact) mass is 528 g/mol. The van der Waals surface area contributed by atoms with E-state index in [9.17, 15) is 9.65 Å². The zero-order chi connectivity index (χ0) is 27.1. The van der Waals surface area contributed by atoms with Crippen LogP contribution in [0.5, 0.6) is 0 Å². The molecule has 2 aliphatic rings. The number of nitriles is 1. The lowest BCUT2D eigenvalue weighted by atomic mass is 9.83. The highest BCUT2D eigenvalue weighted by Gasteiger charge is 2.48. The van der Waals surface area contributed by atoms with Crippen molar-refractivity contribution in [3.8, 4) is 17.3 Å². The molecule has 0 unspecified atom stereocenters. The Balaban J connectivity index is 1.09. The van der Waals surface area contributed by atoms with E-state index in [-0.39, 0.29) is 17.0 Å². The van der Waals surface area contributed by atoms with Gasteiger partial charge in [0.1, 0.15) is 17.5 Å². The number of likely N-dealkylation sites (tertiary alicyclic amines) is 2. The number of nitrogens with zero attached hydrogens (tertiary/aromatic N) is 8. The molecule has 0 saturated carbocycles. The van der Waals surface area contributed by atoms with Crippen molar-refractivity contribution in [1.29, 1.82) is 5.26 Å². The van der Waals surface area contributed by atoms with Crippen LogP contribution in [-0.4, -0.2) is 80.8 Å². The van der Waals surface area contributed by atoms with E-state index in [1.54, 1.807) is 6.33 Å². The first-order valence-electron chi connectivity index (χ1n) is 13.3. The Hall–Kier alpha value is -4.01. The van der Waals surface area contributed by atoms with E-state index in [0.717, 1.165) is 61.3 Å². The molecule has 0 amide bonds. The summed E-state index contributed by atoms with van der Waals surface area (Å²) in [5, 5.41) is 15.3. The van der Waals surface area contributed by atoms with Crippen LogP contribution in [0.1, 0.15) is 24.8 Å². The smallest absolute Gasteiger partial charge is 0.152 e. The number of aromatic nitrogens is 5. The van der Waals surface area contributed by atoms with Gasteiger partial charge in [0.15, 0.2) is 5.82 Å². The van der Waals surface area contributed by atoms with E-state index in [4.69, 9.17) is 5.73 Å². The van der Waals surface area contributed by atoms with Crippen molar-refractivity contribution in [2.45, 2.75) is 37.4 Å². The summed E-state index contributed by atoms with van der Waals surface area (Å²) < 4.78 is 16.9. The van der Waals surface area contributed by atoms with Crippen molar-refractivity contribution < 1.29 is 4.39 Å². The van der Waals surface area contributed by atoms with Crippen LogP contribution in [0, 0.1) is 17.1 Å². The molecule has 0 atom stereocenters. The van der Waals surface area contributed by atoms with Gasteiger partial charge in [-0.3, -0.25) is 14.5 Å². The molecule has 0 bridgehead atoms. The fourth-order valence-electron chi connectivity index (χ4n) is 6.08. The average molecular weight is 529 g/mol. The number of benzene rings is 1. The summed E-state index contributed by atoms with van der Waals surface area (Å²) in [5.41, 5.74) is 9.79. The van der Waals surface area contributed by atoms with Crippen molar-refractivity contribution in [2.75, 3.05) is 50.9 Å². The topological polar surface area (TPSA) is 119 Å². The summed E-state index contributed by atoms with van der Waals surface area (Å²) >= 11 is 0. The van der Waals surface area contributed by atoms with Gasteiger partial charge in [-0.2, -0.15) is 10.4 Å². The van der Waals surface area contributed by atoms with Crippen LogP contribution in [0.15, 0.2) is 43.1 Å². The van der Waals surface area contributed by atoms with E-state index in [0.29, 0.717) is 30.3 Å². The summed E-state index contributed by atoms with van der Waals surface area (Å²) in [5.74, 6) is -0.315. The Morgan fingerprint density at radius 1 is 1.21 bits per heavy atom. The summed E-state index contributed by atoms with van der Waals surface area (Å²) in [6.07, 6.45) is 9.65. The first kappa shape index (κ1) is 25.3. The van der Waals surface area contributed by atoms with Gasteiger partial charge in [-0.15, -0.1) is 0 Å². The van der Waals surface area contributed by atoms with E-state index in [1.165, 1.54) is 0 Å². The van der Waals surface area contributed by atoms with Gasteiger partial charge in [-0.25, -0.2) is 14.4 Å². The molecule has 5 heterocycles. The summed E-state index contributed by atoms with van der Waals surface area (Å²) in [6.45, 7) is 3.92. The van der Waals surface area contributed by atoms with Crippen molar-refractivity contribution >= 4 is 22.4 Å². The van der Waals surface area contributed by atoms with Gasteiger partial charge in [-0.1, -0.05) is 6.07 Å². The molecule has 3 aromatic heterocycles. The standard InChI is InChI=1S/C28H33FN10/c1-36(2)23-4-3-19(24(29)25(23)31)14-37-11-6-21(7-12-37)38-16-28(17-38,8-9-30)39-15-20(13-35-39)26-22-5-10-32-27(22)34-18-33-26/h3-5,10,13,15,18,21H,6-8,11-12,14,16-17,31H2,1-2H3,(H,32,33,34). The number of nitrogen functional groups attached to an aromatic ring is 1. The second-order valence-corrected chi connectivity index (χ2v) is 11.0. The van der Waals surface area contributed by atoms with Gasteiger partial charge in [0, 0.05) is 68.7 Å². The number of nitrogens with one attached hydrogen (secondary N) is 1. The molecular formula is C28H33FN10. The Morgan fingerprint density at radius 2 is 2.00 bits per heavy atom. The summed E-state index contributed by atoms with van der Waals surface area (Å²) in [4.78, 5) is 18.5. The third-order valence-corrected chi connectivity index (χ3v) is 8.28. The van der Waals surface area contributed by atoms with Crippen LogP contribution in [0.3, 0.4) is 0 Å². The lowest BCUT2D eigenvalue weighted by molar-refractivity contribution is -0.0436. The van der Waals surface area contributed by atoms with Crippen molar-refractivity contribution in [2.24, 2.45) is 0 Å². The highest BCUT2D eigenvalue weighted by Crippen LogP contribution is 2.37. The fraction of sp³-hybridized carbons (Fsp3) is 0.429. The third kappa shape index (κ3) is 4.49. The number of nitrogens with two attached hydrogens (primary N) is 1. The van der Waals surface area contributed by atoms with E-state index >= 15 is 0 Å². The van der Waals surface area contributed by atoms with Crippen LogP contribution in [0.4, 0.5) is 15.8 Å². The third-order valence-electron chi connectivity index (χ3n) is 8.28. The number of aromatic amines is 1. The molecule has 0 aliphatic carbocycles. The number of rotatable bonds is 7. The Labute approximate surface area is 226 Å². The molecule has 2 saturated heterocycles. The molecule has 0 radical (unpaired) electrons. The second-order valence-electron chi connectivity index (χ2n) is 11.0. The van der Waals surface area contributed by atoms with Crippen molar-refractivity contribution in [3.63, 3.8) is 0 Å². The lowest BCUT2D eigenvalue weighted by Crippen LogP contribution is -2.66. The molecule has 3 N–H and O–H groups in total. The predicted octanol–water partition coefficient (Wildman–Crippen LogP) is 3.20. The maximum absolute atomic E-state index is 14.9. The highest BCUT2D eigenvalue weighted by molar-refractivity contribution is 5.90. The van der Waals surface area contributed by atoms with Gasteiger partial charge < -0.3 is 15.6 Å². The van der Waals surface area contributed by atoms with Crippen LogP contribution in [-0.2, 0) is 12.1 Å². The van der Waals surface area contributed by atoms with Gasteiger partial charge in [-0.05, 0) is 38.1 Å². The number of anilines is 2. The van der Waals surface area contributed by atoms with Gasteiger partial charge in [0.05, 0.1) is 35.8 Å². The zero-order valence-corrected chi connectivity index (χ0v) is 22.3. The second kappa shape index (κ2) is 9.94. The highest BCUT2D eigenvalue weighted by atomic mass is 19.1. The summed E-state index contributed by atoms with van der Waals surface area (Å²) in [7, 11) is 3.72. The number of H-pyrrole nitrogens is 1. The molecular weight excluding hydrogens is 495 g/mol. The van der Waals surface area contributed by atoms with E-state index < -0.39 is 0 Å². The molecule has 4 aromatic rings. The minimum Gasteiger partial charge on any atom is -0.395 e. The van der Waals surface area contributed by atoms with Crippen molar-refractivity contribution in [1.82, 2.24) is 34.5 Å². The number of hydrogen-bond donors (Lipinski definition) is 2. The molecule has 1 aromatic carbocycles. The minimum absolute atomic E-state index is 0.209. The Bertz CT molecular complexity index is 1520. The average Bonchev–Trinajstić information content (AvgIpc) is 3.59. The number of fused-ring (bicyclic) bond motifs is 1. The summed E-state index contributed by atoms with van der Waals surface area (Å²) in [6, 6.07) is 8.53. The molecule has 11 heteroatoms. The van der Waals surface area contributed by atoms with Gasteiger partial charge in [0.25, 0.3) is 0 Å². The quantitative estimate of drug-likeness (QED) is 0.351. The molecule has 10 nitrogen and oxygen atoms in total. The van der Waals surface area contributed by atoms with Crippen LogP contribution in [0.25, 0.3) is 22.3 Å². The number of piperidine rings is 1. The minimum atomic E-state index is -0.344. The maximum Gasteiger partial charge on any atom is 0.152 e. The normalized spacial score (nSPS) is 18.2. The first-order chi connectivity index (χ1) is 18.9. The molecule has 2 aliphatic heterocycles. The molecule has 2 fully saturated rings. The van der Waals surface area contributed by atoms with Crippen LogP contribution in [0.2, 0.25) is 0 Å². The molecule has 6 rings (SSSR count). The first-order valence-corrected chi connectivity index (χ1v) is 13.3. The number of hydrogen-bond acceptors (Lipinski definition) is 8. The SMILES string of the molecule is CN(C)c1ccc(CN2CCC(N3CC(CC#N)(n4cc(-c5ncnc6[nH]ccc56)cn4)C3)CC2)c(F)c1N. The molecule has 39 heavy (non-hydrogen) atoms. The van der Waals surface area contributed by atoms with Gasteiger partial charge >= 0.3 is 0 Å². The Morgan fingerprint density at radius 3 is 2.74 bits per heavy atom. The number of halogens is 1. The fourth-order valence-corrected chi connectivity index (χ4v) is 6.08. The van der Waals surface area contributed by atoms with Crippen molar-refractivity contribution in [3.05, 3.63) is 54.5 Å². The lowest BCUT2D eigenvalue weighted by Gasteiger charge is -2.53. The predicted molar refractivity (Wildman–Crippen MR) is 148 cm³/mol. The van der Waals surface area contributed by atoms with Crippen LogP contribution >= 0.6 is 0 Å². The van der Waals surface area contributed by atoms with Gasteiger partial charge in [0.2, 0.25) is 0 Å². The maximum atomic E-state index is 14.9. The van der Waals surface area contributed by atoms with E-state index in [1.807, 2.05) is 60.5 Å². The molecule has 0 spiro atoms. The van der Waals surface area contributed by atoms with E-state index in [2.05, 4.69) is 35.9 Å². The molecule has 202 valence electrons.